The van der Waals surface area contributed by atoms with Crippen LogP contribution >= 0.6 is 11.3 Å². The van der Waals surface area contributed by atoms with Crippen molar-refractivity contribution in [3.05, 3.63) is 224 Å². The van der Waals surface area contributed by atoms with Gasteiger partial charge >= 0.3 is 0 Å². The fourth-order valence-corrected chi connectivity index (χ4v) is 8.40. The zero-order valence-corrected chi connectivity index (χ0v) is 32.0. The van der Waals surface area contributed by atoms with Crippen molar-refractivity contribution in [2.75, 3.05) is 4.90 Å². The molecule has 60 heavy (non-hydrogen) atoms. The summed E-state index contributed by atoms with van der Waals surface area (Å²) < 4.78 is 164. The molecular formula is C56H37N3S. The van der Waals surface area contributed by atoms with Gasteiger partial charge in [0.25, 0.3) is 0 Å². The average molecular weight is 802 g/mol. The van der Waals surface area contributed by atoms with E-state index in [0.29, 0.717) is 43.0 Å². The maximum absolute atomic E-state index is 9.90. The van der Waals surface area contributed by atoms with Crippen molar-refractivity contribution in [2.45, 2.75) is 0 Å². The topological polar surface area (TPSA) is 29.0 Å². The quantitative estimate of drug-likeness (QED) is 0.153. The van der Waals surface area contributed by atoms with Gasteiger partial charge in [-0.3, -0.25) is 0 Å². The Morgan fingerprint density at radius 2 is 0.933 bits per heavy atom. The standard InChI is InChI=1S/C56H37N3S/c1-4-15-38(16-5-1)40-27-31-46(32-28-40)59(45-21-8-3-9-22-45)47-33-29-41(30-34-47)49-36-44(37-53-54(49)48-23-10-13-26-52(48)60-53)56-55(57-50-24-11-12-25-51(50)58-56)43-20-14-19-42(35-43)39-17-6-2-7-18-39/h1-37H/i1D,3D,4D,5D,8D,9D,15D,16D,21D,22D,27D,28D,29D,30D,31D,32D,33D,34D. The van der Waals surface area contributed by atoms with Crippen LogP contribution in [0.2, 0.25) is 0 Å². The van der Waals surface area contributed by atoms with E-state index in [1.165, 1.54) is 11.3 Å². The second-order valence-electron chi connectivity index (χ2n) is 13.6. The van der Waals surface area contributed by atoms with E-state index in [-0.39, 0.29) is 11.1 Å². The number of hydrogen-bond donors (Lipinski definition) is 0. The molecule has 11 rings (SSSR count). The molecule has 0 bridgehead atoms. The van der Waals surface area contributed by atoms with Crippen molar-refractivity contribution < 1.29 is 24.7 Å². The molecule has 2 heterocycles. The minimum atomic E-state index is -1.04. The first kappa shape index (κ1) is 21.4. The lowest BCUT2D eigenvalue weighted by Crippen LogP contribution is -2.09. The zero-order valence-electron chi connectivity index (χ0n) is 49.2. The summed E-state index contributed by atoms with van der Waals surface area (Å²) in [4.78, 5) is 10.9. The van der Waals surface area contributed by atoms with Gasteiger partial charge in [-0.05, 0) is 106 Å². The first-order chi connectivity index (χ1) is 37.2. The summed E-state index contributed by atoms with van der Waals surface area (Å²) in [5, 5.41) is 1.29. The number of benzene rings is 9. The van der Waals surface area contributed by atoms with Crippen molar-refractivity contribution in [3.8, 4) is 55.9 Å². The molecule has 0 spiro atoms. The molecular weight excluding hydrogens is 747 g/mol. The van der Waals surface area contributed by atoms with Crippen molar-refractivity contribution >= 4 is 59.6 Å². The van der Waals surface area contributed by atoms with E-state index in [1.54, 1.807) is 6.07 Å². The third-order valence-electron chi connectivity index (χ3n) is 9.97. The predicted octanol–water partition coefficient (Wildman–Crippen LogP) is 15.8. The van der Waals surface area contributed by atoms with Crippen LogP contribution in [-0.2, 0) is 0 Å². The third kappa shape index (κ3) is 6.59. The summed E-state index contributed by atoms with van der Waals surface area (Å²) >= 11 is 1.43. The molecule has 11 aromatic rings. The number of hydrogen-bond acceptors (Lipinski definition) is 4. The van der Waals surface area contributed by atoms with E-state index in [9.17, 15) is 11.0 Å². The van der Waals surface area contributed by atoms with E-state index in [2.05, 4.69) is 0 Å². The van der Waals surface area contributed by atoms with Crippen LogP contribution in [0.5, 0.6) is 0 Å². The van der Waals surface area contributed by atoms with E-state index in [0.717, 1.165) is 26.8 Å². The van der Waals surface area contributed by atoms with Gasteiger partial charge in [-0.15, -0.1) is 11.3 Å². The van der Waals surface area contributed by atoms with Crippen LogP contribution in [0.4, 0.5) is 17.1 Å². The summed E-state index contributed by atoms with van der Waals surface area (Å²) in [6, 6.07) is 20.3. The fourth-order valence-electron chi connectivity index (χ4n) is 7.23. The molecule has 2 aromatic heterocycles. The van der Waals surface area contributed by atoms with E-state index < -0.39 is 137 Å². The molecule has 3 nitrogen and oxygen atoms in total. The number of rotatable bonds is 8. The van der Waals surface area contributed by atoms with Crippen LogP contribution < -0.4 is 4.90 Å². The Morgan fingerprint density at radius 1 is 0.383 bits per heavy atom. The van der Waals surface area contributed by atoms with E-state index in [1.807, 2.05) is 109 Å². The molecule has 0 saturated carbocycles. The molecule has 0 radical (unpaired) electrons. The summed E-state index contributed by atoms with van der Waals surface area (Å²) in [5.41, 5.74) is 1.36. The first-order valence-electron chi connectivity index (χ1n) is 27.8. The van der Waals surface area contributed by atoms with Crippen LogP contribution in [0.1, 0.15) is 24.7 Å². The van der Waals surface area contributed by atoms with Crippen molar-refractivity contribution in [1.29, 1.82) is 0 Å². The van der Waals surface area contributed by atoms with Crippen molar-refractivity contribution in [3.63, 3.8) is 0 Å². The van der Waals surface area contributed by atoms with Crippen molar-refractivity contribution in [2.24, 2.45) is 0 Å². The normalized spacial score (nSPS) is 15.5. The second kappa shape index (κ2) is 15.3. The number of aromatic nitrogens is 2. The van der Waals surface area contributed by atoms with Gasteiger partial charge < -0.3 is 4.90 Å². The maximum Gasteiger partial charge on any atom is 0.0973 e. The lowest BCUT2D eigenvalue weighted by Gasteiger charge is -2.26. The molecule has 0 N–H and O–H groups in total. The number of anilines is 3. The SMILES string of the molecule is [2H]c1c([2H])c([2H])c(-c2c([2H])c([2H])c(N(c3c([2H])c([2H])c([2H])c([2H])c3[2H])c3c([2H])c([2H])c(-c4cc(-c5nc6ccccc6nc5-c5cccc(-c6ccccc6)c5)cc5sc6ccccc6c45)c([2H])c3[2H])c([2H])c2[2H])c([2H])c1[2H]. The van der Waals surface area contributed by atoms with Gasteiger partial charge in [0.2, 0.25) is 0 Å². The van der Waals surface area contributed by atoms with Crippen molar-refractivity contribution in [1.82, 2.24) is 9.97 Å². The van der Waals surface area contributed by atoms with Gasteiger partial charge in [-0.1, -0.05) is 151 Å². The largest absolute Gasteiger partial charge is 0.311 e. The fraction of sp³-hybridized carbons (Fsp3) is 0. The molecule has 0 aliphatic heterocycles. The highest BCUT2D eigenvalue weighted by Crippen LogP contribution is 2.45. The van der Waals surface area contributed by atoms with Gasteiger partial charge in [0.15, 0.2) is 0 Å². The highest BCUT2D eigenvalue weighted by molar-refractivity contribution is 7.26. The van der Waals surface area contributed by atoms with Gasteiger partial charge in [0.05, 0.1) is 47.1 Å². The minimum Gasteiger partial charge on any atom is -0.311 e. The summed E-state index contributed by atoms with van der Waals surface area (Å²) in [6.07, 6.45) is 0. The summed E-state index contributed by atoms with van der Waals surface area (Å²) in [5.74, 6) is 0. The maximum atomic E-state index is 9.90. The highest BCUT2D eigenvalue weighted by atomic mass is 32.1. The molecule has 0 amide bonds. The van der Waals surface area contributed by atoms with Crippen LogP contribution in [0.25, 0.3) is 87.1 Å². The Kier molecular flexibility index (Phi) is 5.44. The molecule has 0 fully saturated rings. The lowest BCUT2D eigenvalue weighted by atomic mass is 9.94. The first-order valence-corrected chi connectivity index (χ1v) is 19.6. The molecule has 9 aromatic carbocycles. The Labute approximate surface area is 378 Å². The second-order valence-corrected chi connectivity index (χ2v) is 14.7. The zero-order chi connectivity index (χ0) is 55.5. The number of para-hydroxylation sites is 3. The molecule has 0 aliphatic carbocycles. The van der Waals surface area contributed by atoms with Gasteiger partial charge in [0, 0.05) is 48.4 Å². The number of thiophene rings is 1. The number of nitrogens with zero attached hydrogens (tertiary/aromatic N) is 3. The van der Waals surface area contributed by atoms with Gasteiger partial charge in [0.1, 0.15) is 0 Å². The van der Waals surface area contributed by atoms with Crippen LogP contribution in [0.15, 0.2) is 224 Å². The number of fused-ring (bicyclic) bond motifs is 4. The van der Waals surface area contributed by atoms with Gasteiger partial charge in [-0.2, -0.15) is 0 Å². The molecule has 282 valence electrons. The molecule has 0 atom stereocenters. The Morgan fingerprint density at radius 3 is 1.65 bits per heavy atom. The molecule has 4 heteroatoms. The summed E-state index contributed by atoms with van der Waals surface area (Å²) in [6.45, 7) is 0. The Balaban J connectivity index is 1.21. The average Bonchev–Trinajstić information content (AvgIpc) is 3.93. The smallest absolute Gasteiger partial charge is 0.0973 e. The van der Waals surface area contributed by atoms with Crippen LogP contribution in [0, 0.1) is 0 Å². The minimum absolute atomic E-state index is 0.220. The van der Waals surface area contributed by atoms with Gasteiger partial charge in [-0.25, -0.2) is 9.97 Å². The molecule has 0 aliphatic rings. The monoisotopic (exact) mass is 801 g/mol. The van der Waals surface area contributed by atoms with Crippen LogP contribution in [-0.4, -0.2) is 9.97 Å². The lowest BCUT2D eigenvalue weighted by molar-refractivity contribution is 1.28. The highest BCUT2D eigenvalue weighted by Gasteiger charge is 2.20. The van der Waals surface area contributed by atoms with E-state index in [4.69, 9.17) is 23.7 Å². The Bertz CT molecular complexity index is 4280. The predicted molar refractivity (Wildman–Crippen MR) is 254 cm³/mol. The third-order valence-corrected chi connectivity index (χ3v) is 11.1. The van der Waals surface area contributed by atoms with Crippen LogP contribution in [0.3, 0.4) is 0 Å². The summed E-state index contributed by atoms with van der Waals surface area (Å²) in [7, 11) is 0. The Hall–Kier alpha value is -7.66. The molecule has 0 unspecified atom stereocenters. The molecule has 0 saturated heterocycles. The van der Waals surface area contributed by atoms with E-state index >= 15 is 0 Å².